The number of aromatic hydroxyl groups is 1. The number of fused-ring (bicyclic) bond motifs is 1. The zero-order valence-electron chi connectivity index (χ0n) is 8.73. The molecular formula is C10H12N5O+. The zero-order valence-corrected chi connectivity index (χ0v) is 8.73. The molecule has 0 bridgehead atoms. The van der Waals surface area contributed by atoms with Crippen LogP contribution in [0.15, 0.2) is 28.4 Å². The SMILES string of the molecule is Cc1ccc2[nH]c(O)c(N=NC(N)=[NH2+])c2c1. The summed E-state index contributed by atoms with van der Waals surface area (Å²) in [5, 5.41) is 22.9. The van der Waals surface area contributed by atoms with E-state index >= 15 is 0 Å². The van der Waals surface area contributed by atoms with Gasteiger partial charge in [-0.05, 0) is 19.1 Å². The third kappa shape index (κ3) is 1.72. The van der Waals surface area contributed by atoms with Gasteiger partial charge in [0.15, 0.2) is 5.69 Å². The summed E-state index contributed by atoms with van der Waals surface area (Å²) in [5.41, 5.74) is 7.36. The summed E-state index contributed by atoms with van der Waals surface area (Å²) in [5.74, 6) is -0.202. The Morgan fingerprint density at radius 3 is 2.94 bits per heavy atom. The molecule has 1 aromatic carbocycles. The molecule has 1 aromatic heterocycles. The lowest BCUT2D eigenvalue weighted by atomic mass is 10.2. The van der Waals surface area contributed by atoms with Gasteiger partial charge in [0, 0.05) is 10.5 Å². The molecule has 6 N–H and O–H groups in total. The fraction of sp³-hybridized carbons (Fsp3) is 0.100. The summed E-state index contributed by atoms with van der Waals surface area (Å²) < 4.78 is 0. The molecule has 0 aliphatic heterocycles. The highest BCUT2D eigenvalue weighted by molar-refractivity contribution is 5.94. The lowest BCUT2D eigenvalue weighted by molar-refractivity contribution is -0.117. The third-order valence-corrected chi connectivity index (χ3v) is 2.17. The summed E-state index contributed by atoms with van der Waals surface area (Å²) >= 11 is 0. The van der Waals surface area contributed by atoms with Crippen LogP contribution in [-0.4, -0.2) is 16.1 Å². The molecule has 0 atom stereocenters. The Labute approximate surface area is 91.3 Å². The van der Waals surface area contributed by atoms with Crippen molar-refractivity contribution in [2.24, 2.45) is 16.0 Å². The van der Waals surface area contributed by atoms with Crippen LogP contribution < -0.4 is 11.1 Å². The van der Waals surface area contributed by atoms with Crippen molar-refractivity contribution >= 4 is 22.5 Å². The summed E-state index contributed by atoms with van der Waals surface area (Å²) in [6.45, 7) is 1.95. The second-order valence-corrected chi connectivity index (χ2v) is 3.50. The monoisotopic (exact) mass is 218 g/mol. The van der Waals surface area contributed by atoms with E-state index in [4.69, 9.17) is 11.1 Å². The average molecular weight is 218 g/mol. The van der Waals surface area contributed by atoms with Crippen molar-refractivity contribution in [2.45, 2.75) is 6.92 Å². The number of nitrogens with zero attached hydrogens (tertiary/aromatic N) is 2. The summed E-state index contributed by atoms with van der Waals surface area (Å²) in [7, 11) is 0. The fourth-order valence-electron chi connectivity index (χ4n) is 1.49. The quantitative estimate of drug-likeness (QED) is 0.314. The Balaban J connectivity index is 2.62. The Bertz CT molecular complexity index is 584. The summed E-state index contributed by atoms with van der Waals surface area (Å²) in [6.07, 6.45) is 0. The van der Waals surface area contributed by atoms with E-state index in [9.17, 15) is 5.11 Å². The fourth-order valence-corrected chi connectivity index (χ4v) is 1.49. The van der Waals surface area contributed by atoms with Crippen molar-refractivity contribution in [1.29, 1.82) is 0 Å². The van der Waals surface area contributed by atoms with Gasteiger partial charge in [-0.2, -0.15) is 0 Å². The number of aryl methyl sites for hydroxylation is 1. The van der Waals surface area contributed by atoms with Gasteiger partial charge in [-0.25, -0.2) is 0 Å². The van der Waals surface area contributed by atoms with Gasteiger partial charge in [-0.15, -0.1) is 0 Å². The van der Waals surface area contributed by atoms with Gasteiger partial charge in [0.25, 0.3) is 0 Å². The Morgan fingerprint density at radius 1 is 1.50 bits per heavy atom. The van der Waals surface area contributed by atoms with Crippen LogP contribution in [0.4, 0.5) is 5.69 Å². The van der Waals surface area contributed by atoms with E-state index in [0.29, 0.717) is 5.69 Å². The molecule has 2 rings (SSSR count). The molecule has 6 heteroatoms. The van der Waals surface area contributed by atoms with Gasteiger partial charge >= 0.3 is 5.96 Å². The van der Waals surface area contributed by atoms with E-state index in [1.54, 1.807) is 0 Å². The first-order valence-corrected chi connectivity index (χ1v) is 4.69. The molecule has 0 aliphatic rings. The van der Waals surface area contributed by atoms with Gasteiger partial charge < -0.3 is 10.1 Å². The number of H-pyrrole nitrogens is 1. The van der Waals surface area contributed by atoms with Crippen molar-refractivity contribution in [3.05, 3.63) is 23.8 Å². The van der Waals surface area contributed by atoms with Gasteiger partial charge in [-0.1, -0.05) is 16.7 Å². The van der Waals surface area contributed by atoms with E-state index in [-0.39, 0.29) is 11.8 Å². The molecule has 0 amide bonds. The minimum Gasteiger partial charge on any atom is -0.493 e. The van der Waals surface area contributed by atoms with Gasteiger partial charge in [0.05, 0.1) is 5.52 Å². The maximum atomic E-state index is 9.64. The molecule has 16 heavy (non-hydrogen) atoms. The van der Waals surface area contributed by atoms with Gasteiger partial charge in [0.2, 0.25) is 5.88 Å². The molecule has 82 valence electrons. The molecule has 0 aliphatic carbocycles. The number of benzene rings is 1. The Hall–Kier alpha value is -2.37. The molecule has 0 radical (unpaired) electrons. The normalized spacial score (nSPS) is 11.3. The molecule has 0 fully saturated rings. The number of nitrogens with two attached hydrogens (primary N) is 2. The predicted molar refractivity (Wildman–Crippen MR) is 60.3 cm³/mol. The molecule has 0 unspecified atom stereocenters. The van der Waals surface area contributed by atoms with Crippen molar-refractivity contribution in [3.63, 3.8) is 0 Å². The first-order valence-electron chi connectivity index (χ1n) is 4.69. The molecule has 0 saturated heterocycles. The highest BCUT2D eigenvalue weighted by Crippen LogP contribution is 2.35. The standard InChI is InChI=1S/C10H11N5O/c1-5-2-3-7-6(4-5)8(9(16)13-7)14-15-10(11)12/h2-4,13,16H,1H3,(H3,11,12)/p+1. The first kappa shape index (κ1) is 10.2. The van der Waals surface area contributed by atoms with Crippen LogP contribution in [0.1, 0.15) is 5.56 Å². The summed E-state index contributed by atoms with van der Waals surface area (Å²) in [4.78, 5) is 2.79. The average Bonchev–Trinajstić information content (AvgIpc) is 2.51. The number of azo groups is 1. The number of hydrogen-bond acceptors (Lipinski definition) is 2. The van der Waals surface area contributed by atoms with Crippen LogP contribution in [-0.2, 0) is 0 Å². The first-order chi connectivity index (χ1) is 7.58. The number of nitrogens with one attached hydrogen (secondary N) is 1. The highest BCUT2D eigenvalue weighted by Gasteiger charge is 2.11. The topological polar surface area (TPSA) is 112 Å². The minimum absolute atomic E-state index is 0.0504. The van der Waals surface area contributed by atoms with E-state index in [2.05, 4.69) is 15.2 Å². The second kappa shape index (κ2) is 3.65. The van der Waals surface area contributed by atoms with E-state index in [1.807, 2.05) is 25.1 Å². The largest absolute Gasteiger partial charge is 0.493 e. The number of aromatic nitrogens is 1. The number of guanidine groups is 1. The number of hydrogen-bond donors (Lipinski definition) is 4. The van der Waals surface area contributed by atoms with E-state index < -0.39 is 0 Å². The molecule has 6 nitrogen and oxygen atoms in total. The van der Waals surface area contributed by atoms with Crippen LogP contribution in [0.2, 0.25) is 0 Å². The van der Waals surface area contributed by atoms with E-state index in [1.165, 1.54) is 0 Å². The van der Waals surface area contributed by atoms with Crippen LogP contribution in [0, 0.1) is 6.92 Å². The highest BCUT2D eigenvalue weighted by atomic mass is 16.3. The molecular weight excluding hydrogens is 206 g/mol. The van der Waals surface area contributed by atoms with Gasteiger partial charge in [0.1, 0.15) is 0 Å². The Kier molecular flexibility index (Phi) is 2.32. The lowest BCUT2D eigenvalue weighted by Gasteiger charge is -1.92. The van der Waals surface area contributed by atoms with E-state index in [0.717, 1.165) is 16.5 Å². The lowest BCUT2D eigenvalue weighted by Crippen LogP contribution is -2.43. The third-order valence-electron chi connectivity index (χ3n) is 2.17. The van der Waals surface area contributed by atoms with Crippen molar-refractivity contribution in [1.82, 2.24) is 4.98 Å². The second-order valence-electron chi connectivity index (χ2n) is 3.50. The molecule has 0 saturated carbocycles. The van der Waals surface area contributed by atoms with Crippen molar-refractivity contribution < 1.29 is 10.5 Å². The number of aromatic amines is 1. The van der Waals surface area contributed by atoms with Crippen LogP contribution >= 0.6 is 0 Å². The maximum Gasteiger partial charge on any atom is 0.403 e. The molecule has 2 aromatic rings. The van der Waals surface area contributed by atoms with Crippen LogP contribution in [0.25, 0.3) is 10.9 Å². The predicted octanol–water partition coefficient (Wildman–Crippen LogP) is 0.339. The van der Waals surface area contributed by atoms with Crippen molar-refractivity contribution in [2.75, 3.05) is 0 Å². The Morgan fingerprint density at radius 2 is 2.25 bits per heavy atom. The summed E-state index contributed by atoms with van der Waals surface area (Å²) in [6, 6.07) is 5.69. The smallest absolute Gasteiger partial charge is 0.403 e. The van der Waals surface area contributed by atoms with Crippen LogP contribution in [0.5, 0.6) is 5.88 Å². The minimum atomic E-state index is -0.151. The number of rotatable bonds is 1. The zero-order chi connectivity index (χ0) is 11.7. The molecule has 0 spiro atoms. The molecule has 1 heterocycles. The van der Waals surface area contributed by atoms with Crippen LogP contribution in [0.3, 0.4) is 0 Å². The van der Waals surface area contributed by atoms with Gasteiger partial charge in [-0.3, -0.25) is 11.1 Å². The van der Waals surface area contributed by atoms with Crippen molar-refractivity contribution in [3.8, 4) is 5.88 Å². The maximum absolute atomic E-state index is 9.64.